The van der Waals surface area contributed by atoms with Crippen molar-refractivity contribution < 1.29 is 18.1 Å². The first-order chi connectivity index (χ1) is 5.41. The Balaban J connectivity index is 2.63. The fourth-order valence-electron chi connectivity index (χ4n) is 1.19. The number of aliphatic hydroxyl groups excluding tert-OH is 1. The fraction of sp³-hybridized carbons (Fsp3) is 1.00. The maximum Gasteiger partial charge on any atom is 0.270 e. The van der Waals surface area contributed by atoms with E-state index in [1.807, 2.05) is 0 Å². The minimum Gasteiger partial charge on any atom is -0.392 e. The van der Waals surface area contributed by atoms with E-state index in [-0.39, 0.29) is 12.3 Å². The zero-order valence-electron chi connectivity index (χ0n) is 6.40. The average molecular weight is 215 g/mol. The van der Waals surface area contributed by atoms with Crippen LogP contribution in [0.3, 0.4) is 0 Å². The molecule has 1 aliphatic rings. The van der Waals surface area contributed by atoms with E-state index < -0.39 is 21.0 Å². The third-order valence-corrected chi connectivity index (χ3v) is 4.17. The number of hydrogen-bond acceptors (Lipinski definition) is 3. The molecule has 1 aliphatic carbocycles. The number of hydrogen-bond donors (Lipinski definition) is 2. The predicted octanol–water partition coefficient (Wildman–Crippen LogP) is 0.397. The summed E-state index contributed by atoms with van der Waals surface area (Å²) < 4.78 is 29.2. The van der Waals surface area contributed by atoms with Gasteiger partial charge in [0, 0.05) is 5.88 Å². The van der Waals surface area contributed by atoms with Crippen molar-refractivity contribution in [1.82, 2.24) is 0 Å². The summed E-state index contributed by atoms with van der Waals surface area (Å²) in [5.41, 5.74) is 0. The zero-order valence-corrected chi connectivity index (χ0v) is 7.98. The molecule has 0 aliphatic heterocycles. The van der Waals surface area contributed by atoms with Crippen molar-refractivity contribution in [3.8, 4) is 0 Å². The highest BCUT2D eigenvalue weighted by Gasteiger charge is 2.54. The minimum atomic E-state index is -4.02. The van der Waals surface area contributed by atoms with Gasteiger partial charge in [-0.1, -0.05) is 0 Å². The Hall–Kier alpha value is 0.160. The van der Waals surface area contributed by atoms with E-state index in [1.54, 1.807) is 0 Å². The van der Waals surface area contributed by atoms with Crippen molar-refractivity contribution in [2.24, 2.45) is 0 Å². The molecule has 1 rings (SSSR count). The molecule has 6 heteroatoms. The monoisotopic (exact) mass is 214 g/mol. The first-order valence-corrected chi connectivity index (χ1v) is 5.60. The molecule has 1 unspecified atom stereocenters. The maximum absolute atomic E-state index is 10.8. The summed E-state index contributed by atoms with van der Waals surface area (Å²) >= 11 is 5.31. The summed E-state index contributed by atoms with van der Waals surface area (Å²) in [7, 11) is -4.02. The molecule has 1 saturated carbocycles. The Morgan fingerprint density at radius 1 is 1.50 bits per heavy atom. The molecule has 0 heterocycles. The molecule has 0 aromatic carbocycles. The topological polar surface area (TPSA) is 74.6 Å². The summed E-state index contributed by atoms with van der Waals surface area (Å²) in [6.45, 7) is 0. The van der Waals surface area contributed by atoms with Crippen LogP contribution in [-0.2, 0) is 10.1 Å². The van der Waals surface area contributed by atoms with E-state index in [2.05, 4.69) is 0 Å². The van der Waals surface area contributed by atoms with Gasteiger partial charge in [0.25, 0.3) is 10.1 Å². The molecule has 1 fully saturated rings. The van der Waals surface area contributed by atoms with E-state index in [4.69, 9.17) is 21.3 Å². The molecule has 2 N–H and O–H groups in total. The molecule has 12 heavy (non-hydrogen) atoms. The van der Waals surface area contributed by atoms with Gasteiger partial charge in [-0.3, -0.25) is 4.55 Å². The van der Waals surface area contributed by atoms with Crippen LogP contribution in [0.25, 0.3) is 0 Å². The van der Waals surface area contributed by atoms with Crippen LogP contribution >= 0.6 is 11.6 Å². The first kappa shape index (κ1) is 10.2. The van der Waals surface area contributed by atoms with Gasteiger partial charge in [-0.25, -0.2) is 0 Å². The number of halogens is 1. The molecule has 1 atom stereocenters. The Morgan fingerprint density at radius 3 is 2.25 bits per heavy atom. The second-order valence-electron chi connectivity index (χ2n) is 3.17. The van der Waals surface area contributed by atoms with E-state index in [0.717, 1.165) is 0 Å². The van der Waals surface area contributed by atoms with Crippen molar-refractivity contribution >= 4 is 21.7 Å². The second-order valence-corrected chi connectivity index (χ2v) is 5.30. The van der Waals surface area contributed by atoms with Gasteiger partial charge in [-0.2, -0.15) is 8.42 Å². The van der Waals surface area contributed by atoms with Crippen LogP contribution in [0, 0.1) is 0 Å². The molecule has 0 radical (unpaired) electrons. The Kier molecular flexibility index (Phi) is 2.68. The van der Waals surface area contributed by atoms with E-state index in [9.17, 15) is 8.42 Å². The number of aliphatic hydroxyl groups is 1. The lowest BCUT2D eigenvalue weighted by atomic mass is 10.2. The molecule has 0 saturated heterocycles. The van der Waals surface area contributed by atoms with Crippen LogP contribution in [0.1, 0.15) is 19.3 Å². The highest BCUT2D eigenvalue weighted by atomic mass is 35.5. The third-order valence-electron chi connectivity index (χ3n) is 2.14. The highest BCUT2D eigenvalue weighted by Crippen LogP contribution is 2.46. The lowest BCUT2D eigenvalue weighted by molar-refractivity contribution is 0.182. The lowest BCUT2D eigenvalue weighted by Gasteiger charge is -2.14. The third kappa shape index (κ3) is 1.90. The zero-order chi connectivity index (χ0) is 9.41. The summed E-state index contributed by atoms with van der Waals surface area (Å²) in [6.07, 6.45) is 0.0191. The normalized spacial score (nSPS) is 23.6. The second kappa shape index (κ2) is 3.14. The van der Waals surface area contributed by atoms with Gasteiger partial charge in [0.15, 0.2) is 0 Å². The van der Waals surface area contributed by atoms with Gasteiger partial charge in [-0.05, 0) is 19.3 Å². The molecule has 72 valence electrons. The Morgan fingerprint density at radius 2 is 2.00 bits per heavy atom. The van der Waals surface area contributed by atoms with E-state index in [1.165, 1.54) is 0 Å². The quantitative estimate of drug-likeness (QED) is 0.525. The summed E-state index contributed by atoms with van der Waals surface area (Å²) in [6, 6.07) is 0. The molecule has 4 nitrogen and oxygen atoms in total. The first-order valence-electron chi connectivity index (χ1n) is 3.62. The van der Waals surface area contributed by atoms with Crippen molar-refractivity contribution in [3.63, 3.8) is 0 Å². The predicted molar refractivity (Wildman–Crippen MR) is 44.9 cm³/mol. The fourth-order valence-corrected chi connectivity index (χ4v) is 2.32. The molecule has 0 amide bonds. The minimum absolute atomic E-state index is 0.00271. The maximum atomic E-state index is 10.8. The average Bonchev–Trinajstić information content (AvgIpc) is 2.67. The van der Waals surface area contributed by atoms with E-state index in [0.29, 0.717) is 12.8 Å². The highest BCUT2D eigenvalue weighted by molar-refractivity contribution is 7.87. The number of alkyl halides is 1. The van der Waals surface area contributed by atoms with Crippen molar-refractivity contribution in [2.45, 2.75) is 30.1 Å². The SMILES string of the molecule is O=S(=O)(O)C1(CC(O)CCl)CC1. The van der Waals surface area contributed by atoms with Crippen molar-refractivity contribution in [1.29, 1.82) is 0 Å². The van der Waals surface area contributed by atoms with Gasteiger partial charge in [0.2, 0.25) is 0 Å². The van der Waals surface area contributed by atoms with Gasteiger partial charge < -0.3 is 5.11 Å². The molecule has 0 spiro atoms. The van der Waals surface area contributed by atoms with Crippen LogP contribution in [0.15, 0.2) is 0 Å². The molecular weight excluding hydrogens is 204 g/mol. The van der Waals surface area contributed by atoms with Crippen molar-refractivity contribution in [2.75, 3.05) is 5.88 Å². The van der Waals surface area contributed by atoms with Crippen LogP contribution in [0.5, 0.6) is 0 Å². The standard InChI is InChI=1S/C6H11ClO4S/c7-4-5(8)3-6(1-2-6)12(9,10)11/h5,8H,1-4H2,(H,9,10,11). The van der Waals surface area contributed by atoms with Crippen LogP contribution in [0.4, 0.5) is 0 Å². The molecule has 0 aromatic rings. The van der Waals surface area contributed by atoms with Gasteiger partial charge in [-0.15, -0.1) is 11.6 Å². The van der Waals surface area contributed by atoms with Gasteiger partial charge >= 0.3 is 0 Å². The smallest absolute Gasteiger partial charge is 0.270 e. The summed E-state index contributed by atoms with van der Waals surface area (Å²) in [5, 5.41) is 9.09. The molecular formula is C6H11ClO4S. The van der Waals surface area contributed by atoms with Crippen molar-refractivity contribution in [3.05, 3.63) is 0 Å². The largest absolute Gasteiger partial charge is 0.392 e. The van der Waals surface area contributed by atoms with Crippen LogP contribution in [-0.4, -0.2) is 34.8 Å². The Bertz CT molecular complexity index is 257. The van der Waals surface area contributed by atoms with Crippen LogP contribution in [0.2, 0.25) is 0 Å². The summed E-state index contributed by atoms with van der Waals surface area (Å²) in [5.74, 6) is -0.00271. The van der Waals surface area contributed by atoms with Crippen LogP contribution < -0.4 is 0 Å². The van der Waals surface area contributed by atoms with E-state index >= 15 is 0 Å². The lowest BCUT2D eigenvalue weighted by Crippen LogP contribution is -2.28. The van der Waals surface area contributed by atoms with Gasteiger partial charge in [0.1, 0.15) is 0 Å². The molecule has 0 aromatic heterocycles. The summed E-state index contributed by atoms with van der Waals surface area (Å²) in [4.78, 5) is 0. The molecule has 0 bridgehead atoms. The van der Waals surface area contributed by atoms with Gasteiger partial charge in [0.05, 0.1) is 10.9 Å². The number of rotatable bonds is 4. The Labute approximate surface area is 76.3 Å².